The predicted molar refractivity (Wildman–Crippen MR) is 72.7 cm³/mol. The third-order valence-corrected chi connectivity index (χ3v) is 2.50. The van der Waals surface area contributed by atoms with Gasteiger partial charge in [-0.2, -0.15) is 0 Å². The Morgan fingerprint density at radius 2 is 2.26 bits per heavy atom. The van der Waals surface area contributed by atoms with E-state index in [2.05, 4.69) is 15.6 Å². The molecule has 0 fully saturated rings. The van der Waals surface area contributed by atoms with Gasteiger partial charge in [0.15, 0.2) is 0 Å². The molecule has 0 bridgehead atoms. The van der Waals surface area contributed by atoms with Crippen LogP contribution >= 0.6 is 0 Å². The maximum Gasteiger partial charge on any atom is 0.319 e. The van der Waals surface area contributed by atoms with Crippen LogP contribution in [0.15, 0.2) is 34.9 Å². The molecule has 1 atom stereocenters. The number of amides is 2. The number of hydrogen-bond donors (Lipinski definition) is 3. The van der Waals surface area contributed by atoms with Gasteiger partial charge >= 0.3 is 6.03 Å². The van der Waals surface area contributed by atoms with E-state index in [9.17, 15) is 4.79 Å². The molecule has 4 N–H and O–H groups in total. The van der Waals surface area contributed by atoms with Crippen LogP contribution in [-0.4, -0.2) is 11.0 Å². The van der Waals surface area contributed by atoms with Gasteiger partial charge in [0.1, 0.15) is 11.8 Å². The highest BCUT2D eigenvalue weighted by molar-refractivity contribution is 5.89. The molecule has 6 nitrogen and oxygen atoms in total. The van der Waals surface area contributed by atoms with Crippen molar-refractivity contribution in [3.8, 4) is 0 Å². The first-order chi connectivity index (χ1) is 9.04. The normalized spacial score (nSPS) is 11.9. The summed E-state index contributed by atoms with van der Waals surface area (Å²) in [6.07, 6.45) is 1.61. The summed E-state index contributed by atoms with van der Waals surface area (Å²) in [5.41, 5.74) is 6.86. The summed E-state index contributed by atoms with van der Waals surface area (Å²) in [6.45, 7) is 3.60. The largest absolute Gasteiger partial charge is 0.444 e. The van der Waals surface area contributed by atoms with Crippen molar-refractivity contribution in [1.29, 1.82) is 0 Å². The fourth-order valence-electron chi connectivity index (χ4n) is 1.61. The van der Waals surface area contributed by atoms with Crippen molar-refractivity contribution < 1.29 is 9.21 Å². The van der Waals surface area contributed by atoms with Gasteiger partial charge in [0.25, 0.3) is 0 Å². The highest BCUT2D eigenvalue weighted by Crippen LogP contribution is 2.14. The molecule has 0 saturated heterocycles. The highest BCUT2D eigenvalue weighted by Gasteiger charge is 2.14. The Morgan fingerprint density at radius 1 is 1.47 bits per heavy atom. The minimum atomic E-state index is -0.339. The molecule has 0 aliphatic rings. The summed E-state index contributed by atoms with van der Waals surface area (Å²) >= 11 is 0. The Balaban J connectivity index is 1.94. The number of nitrogens with zero attached hydrogens (tertiary/aromatic N) is 1. The number of aryl methyl sites for hydroxylation is 1. The molecule has 0 spiro atoms. The molecule has 1 aromatic heterocycles. The molecule has 19 heavy (non-hydrogen) atoms. The van der Waals surface area contributed by atoms with Crippen LogP contribution in [0.3, 0.4) is 0 Å². The lowest BCUT2D eigenvalue weighted by Crippen LogP contribution is -2.31. The molecule has 0 saturated carbocycles. The minimum absolute atomic E-state index is 0.310. The van der Waals surface area contributed by atoms with Crippen molar-refractivity contribution in [3.05, 3.63) is 42.1 Å². The van der Waals surface area contributed by atoms with Crippen LogP contribution in [0.4, 0.5) is 16.2 Å². The first kappa shape index (κ1) is 12.9. The topological polar surface area (TPSA) is 93.2 Å². The number of urea groups is 1. The number of carbonyl (C=O) groups excluding carboxylic acids is 1. The summed E-state index contributed by atoms with van der Waals surface area (Å²) in [4.78, 5) is 15.8. The number of carbonyl (C=O) groups is 1. The Kier molecular flexibility index (Phi) is 3.70. The van der Waals surface area contributed by atoms with Gasteiger partial charge in [-0.1, -0.05) is 6.07 Å². The fraction of sp³-hybridized carbons (Fsp3) is 0.231. The molecule has 2 rings (SSSR count). The maximum atomic E-state index is 11.8. The lowest BCUT2D eigenvalue weighted by atomic mass is 10.3. The molecule has 2 aromatic rings. The van der Waals surface area contributed by atoms with Crippen molar-refractivity contribution in [2.75, 3.05) is 11.1 Å². The number of hydrogen-bond acceptors (Lipinski definition) is 4. The van der Waals surface area contributed by atoms with Crippen LogP contribution in [0, 0.1) is 6.92 Å². The molecule has 2 amide bonds. The van der Waals surface area contributed by atoms with Gasteiger partial charge in [-0.3, -0.25) is 0 Å². The van der Waals surface area contributed by atoms with E-state index in [1.807, 2.05) is 0 Å². The standard InChI is InChI=1S/C13H16N4O2/c1-8-7-15-12(19-8)9(2)16-13(18)17-11-5-3-4-10(14)6-11/h3-7,9H,14H2,1-2H3,(H2,16,17,18). The molecule has 0 aliphatic carbocycles. The van der Waals surface area contributed by atoms with Crippen LogP contribution in [0.2, 0.25) is 0 Å². The zero-order chi connectivity index (χ0) is 13.8. The average Bonchev–Trinajstić information content (AvgIpc) is 2.75. The summed E-state index contributed by atoms with van der Waals surface area (Å²) in [6, 6.07) is 6.31. The Morgan fingerprint density at radius 3 is 2.89 bits per heavy atom. The van der Waals surface area contributed by atoms with Gasteiger partial charge in [-0.15, -0.1) is 0 Å². The van der Waals surface area contributed by atoms with Crippen molar-refractivity contribution in [3.63, 3.8) is 0 Å². The second kappa shape index (κ2) is 5.43. The fourth-order valence-corrected chi connectivity index (χ4v) is 1.61. The van der Waals surface area contributed by atoms with Gasteiger partial charge in [0, 0.05) is 11.4 Å². The molecular weight excluding hydrogens is 244 g/mol. The first-order valence-corrected chi connectivity index (χ1v) is 5.90. The van der Waals surface area contributed by atoms with E-state index in [4.69, 9.17) is 10.2 Å². The van der Waals surface area contributed by atoms with Gasteiger partial charge < -0.3 is 20.8 Å². The molecule has 1 unspecified atom stereocenters. The van der Waals surface area contributed by atoms with E-state index in [-0.39, 0.29) is 12.1 Å². The number of nitrogens with two attached hydrogens (primary N) is 1. The van der Waals surface area contributed by atoms with Crippen LogP contribution < -0.4 is 16.4 Å². The quantitative estimate of drug-likeness (QED) is 0.739. The number of anilines is 2. The number of rotatable bonds is 3. The number of benzene rings is 1. The summed E-state index contributed by atoms with van der Waals surface area (Å²) in [5, 5.41) is 5.42. The maximum absolute atomic E-state index is 11.8. The monoisotopic (exact) mass is 260 g/mol. The molecule has 0 aliphatic heterocycles. The number of nitrogens with one attached hydrogen (secondary N) is 2. The SMILES string of the molecule is Cc1cnc(C(C)NC(=O)Nc2cccc(N)c2)o1. The van der Waals surface area contributed by atoms with Gasteiger partial charge in [-0.05, 0) is 32.0 Å². The lowest BCUT2D eigenvalue weighted by molar-refractivity contribution is 0.247. The Labute approximate surface area is 111 Å². The smallest absolute Gasteiger partial charge is 0.319 e. The molecular formula is C13H16N4O2. The lowest BCUT2D eigenvalue weighted by Gasteiger charge is -2.11. The summed E-state index contributed by atoms with van der Waals surface area (Å²) in [5.74, 6) is 1.18. The van der Waals surface area contributed by atoms with Crippen LogP contribution in [0.1, 0.15) is 24.6 Å². The van der Waals surface area contributed by atoms with Crippen molar-refractivity contribution in [2.45, 2.75) is 19.9 Å². The molecule has 0 radical (unpaired) electrons. The first-order valence-electron chi connectivity index (χ1n) is 5.90. The van der Waals surface area contributed by atoms with Gasteiger partial charge in [0.2, 0.25) is 5.89 Å². The molecule has 6 heteroatoms. The molecule has 100 valence electrons. The Hall–Kier alpha value is -2.50. The minimum Gasteiger partial charge on any atom is -0.444 e. The predicted octanol–water partition coefficient (Wildman–Crippen LogP) is 2.45. The van der Waals surface area contributed by atoms with Crippen LogP contribution in [0.25, 0.3) is 0 Å². The zero-order valence-electron chi connectivity index (χ0n) is 10.8. The van der Waals surface area contributed by atoms with E-state index in [0.717, 1.165) is 0 Å². The van der Waals surface area contributed by atoms with E-state index < -0.39 is 0 Å². The third kappa shape index (κ3) is 3.48. The van der Waals surface area contributed by atoms with E-state index in [0.29, 0.717) is 23.0 Å². The van der Waals surface area contributed by atoms with E-state index in [1.54, 1.807) is 44.3 Å². The van der Waals surface area contributed by atoms with Crippen molar-refractivity contribution >= 4 is 17.4 Å². The summed E-state index contributed by atoms with van der Waals surface area (Å²) in [7, 11) is 0. The molecule has 1 aromatic carbocycles. The van der Waals surface area contributed by atoms with Crippen molar-refractivity contribution in [1.82, 2.24) is 10.3 Å². The van der Waals surface area contributed by atoms with E-state index in [1.165, 1.54) is 0 Å². The van der Waals surface area contributed by atoms with Crippen LogP contribution in [-0.2, 0) is 0 Å². The number of aromatic nitrogens is 1. The summed E-state index contributed by atoms with van der Waals surface area (Å²) < 4.78 is 5.34. The zero-order valence-corrected chi connectivity index (χ0v) is 10.8. The van der Waals surface area contributed by atoms with Crippen LogP contribution in [0.5, 0.6) is 0 Å². The van der Waals surface area contributed by atoms with E-state index >= 15 is 0 Å². The Bertz CT molecular complexity index is 580. The molecule has 1 heterocycles. The van der Waals surface area contributed by atoms with Gasteiger partial charge in [0.05, 0.1) is 6.20 Å². The number of nitrogen functional groups attached to an aromatic ring is 1. The number of oxazole rings is 1. The second-order valence-corrected chi connectivity index (χ2v) is 4.25. The second-order valence-electron chi connectivity index (χ2n) is 4.25. The third-order valence-electron chi connectivity index (χ3n) is 2.50. The highest BCUT2D eigenvalue weighted by atomic mass is 16.4. The van der Waals surface area contributed by atoms with Gasteiger partial charge in [-0.25, -0.2) is 9.78 Å². The average molecular weight is 260 g/mol. The van der Waals surface area contributed by atoms with Crippen molar-refractivity contribution in [2.24, 2.45) is 0 Å².